The van der Waals surface area contributed by atoms with E-state index in [4.69, 9.17) is 4.18 Å². The summed E-state index contributed by atoms with van der Waals surface area (Å²) >= 11 is 0. The van der Waals surface area contributed by atoms with Crippen LogP contribution >= 0.6 is 0 Å². The Kier molecular flexibility index (Phi) is 7.94. The molecule has 0 spiro atoms. The van der Waals surface area contributed by atoms with Crippen molar-refractivity contribution in [2.45, 2.75) is 46.0 Å². The van der Waals surface area contributed by atoms with Crippen LogP contribution in [0, 0.1) is 0 Å². The van der Waals surface area contributed by atoms with Crippen molar-refractivity contribution in [3.05, 3.63) is 59.7 Å². The highest BCUT2D eigenvalue weighted by atomic mass is 32.2. The molecule has 0 heterocycles. The first kappa shape index (κ1) is 24.5. The summed E-state index contributed by atoms with van der Waals surface area (Å²) in [5, 5.41) is 2.62. The number of nitrogens with one attached hydrogen (secondary N) is 1. The zero-order valence-corrected chi connectivity index (χ0v) is 18.3. The molecule has 1 unspecified atom stereocenters. The lowest BCUT2D eigenvalue weighted by molar-refractivity contribution is -0.137. The third kappa shape index (κ3) is 7.16. The Labute approximate surface area is 180 Å². The predicted octanol–water partition coefficient (Wildman–Crippen LogP) is 5.27. The van der Waals surface area contributed by atoms with Gasteiger partial charge in [0.25, 0.3) is 0 Å². The first-order valence-electron chi connectivity index (χ1n) is 9.71. The van der Waals surface area contributed by atoms with Crippen molar-refractivity contribution in [3.63, 3.8) is 0 Å². The maximum Gasteiger partial charge on any atom is 0.416 e. The quantitative estimate of drug-likeness (QED) is 0.547. The third-order valence-corrected chi connectivity index (χ3v) is 5.85. The van der Waals surface area contributed by atoms with Crippen molar-refractivity contribution in [2.75, 3.05) is 11.1 Å². The van der Waals surface area contributed by atoms with Gasteiger partial charge in [0.2, 0.25) is 0 Å². The van der Waals surface area contributed by atoms with E-state index in [0.717, 1.165) is 17.7 Å². The molecule has 31 heavy (non-hydrogen) atoms. The smallest absolute Gasteiger partial charge is 0.382 e. The van der Waals surface area contributed by atoms with Crippen LogP contribution in [0.4, 0.5) is 23.7 Å². The number of carbonyl (C=O) groups excluding carboxylic acids is 1. The Balaban J connectivity index is 2.12. The molecule has 0 aliphatic rings. The molecule has 0 saturated heterocycles. The molecule has 0 radical (unpaired) electrons. The molecular weight excluding hydrogens is 433 g/mol. The van der Waals surface area contributed by atoms with Crippen molar-refractivity contribution >= 4 is 21.8 Å². The van der Waals surface area contributed by atoms with Crippen LogP contribution in [0.3, 0.4) is 0 Å². The lowest BCUT2D eigenvalue weighted by Crippen LogP contribution is -2.40. The number of halogens is 3. The number of urea groups is 1. The fourth-order valence-corrected chi connectivity index (χ4v) is 3.16. The summed E-state index contributed by atoms with van der Waals surface area (Å²) in [6.07, 6.45) is -3.78. The van der Waals surface area contributed by atoms with Crippen molar-refractivity contribution in [3.8, 4) is 5.75 Å². The molecule has 6 nitrogen and oxygen atoms in total. The Hall–Kier alpha value is -2.75. The van der Waals surface area contributed by atoms with Crippen LogP contribution in [0.1, 0.15) is 38.3 Å². The number of hydrogen-bond acceptors (Lipinski definition) is 4. The number of alkyl halides is 3. The molecule has 10 heteroatoms. The zero-order chi connectivity index (χ0) is 23.2. The largest absolute Gasteiger partial charge is 0.416 e. The first-order chi connectivity index (χ1) is 14.4. The Morgan fingerprint density at radius 2 is 1.65 bits per heavy atom. The minimum absolute atomic E-state index is 0.147. The fourth-order valence-electron chi connectivity index (χ4n) is 2.64. The molecule has 170 valence electrons. The molecule has 0 bridgehead atoms. The van der Waals surface area contributed by atoms with Gasteiger partial charge in [-0.05, 0) is 62.2 Å². The van der Waals surface area contributed by atoms with E-state index in [1.165, 1.54) is 31.2 Å². The summed E-state index contributed by atoms with van der Waals surface area (Å²) < 4.78 is 66.2. The SMILES string of the molecule is CCC(C)N(Cc1ccc(OS(=O)(=O)CC)cc1)C(=O)Nc1ccc(C(F)(F)F)cc1. The van der Waals surface area contributed by atoms with Gasteiger partial charge in [0, 0.05) is 18.3 Å². The predicted molar refractivity (Wildman–Crippen MR) is 112 cm³/mol. The highest BCUT2D eigenvalue weighted by Crippen LogP contribution is 2.30. The standard InChI is InChI=1S/C21H25F3N2O4S/c1-4-15(3)26(14-16-6-12-19(13-7-16)30-31(28,29)5-2)20(27)25-18-10-8-17(9-11-18)21(22,23)24/h6-13,15H,4-5,14H2,1-3H3,(H,25,27). The van der Waals surface area contributed by atoms with Crippen LogP contribution in [0.15, 0.2) is 48.5 Å². The number of nitrogens with zero attached hydrogens (tertiary/aromatic N) is 1. The van der Waals surface area contributed by atoms with Gasteiger partial charge in [-0.1, -0.05) is 19.1 Å². The Morgan fingerprint density at radius 3 is 2.13 bits per heavy atom. The van der Waals surface area contributed by atoms with Crippen LogP contribution in [0.2, 0.25) is 0 Å². The van der Waals surface area contributed by atoms with Gasteiger partial charge in [-0.3, -0.25) is 0 Å². The molecule has 2 aromatic rings. The maximum atomic E-state index is 12.8. The average Bonchev–Trinajstić information content (AvgIpc) is 2.72. The van der Waals surface area contributed by atoms with Gasteiger partial charge in [-0.25, -0.2) is 4.79 Å². The van der Waals surface area contributed by atoms with Gasteiger partial charge in [0.1, 0.15) is 5.75 Å². The van der Waals surface area contributed by atoms with Crippen molar-refractivity contribution < 1.29 is 30.6 Å². The van der Waals surface area contributed by atoms with Crippen LogP contribution in [-0.4, -0.2) is 31.1 Å². The zero-order valence-electron chi connectivity index (χ0n) is 17.4. The highest BCUT2D eigenvalue weighted by molar-refractivity contribution is 7.87. The summed E-state index contributed by atoms with van der Waals surface area (Å²) in [6, 6.07) is 9.94. The number of amides is 2. The van der Waals surface area contributed by atoms with Crippen LogP contribution in [-0.2, 0) is 22.8 Å². The Bertz CT molecular complexity index is 975. The van der Waals surface area contributed by atoms with E-state index in [0.29, 0.717) is 6.42 Å². The van der Waals surface area contributed by atoms with Crippen molar-refractivity contribution in [1.29, 1.82) is 0 Å². The Morgan fingerprint density at radius 1 is 1.06 bits per heavy atom. The molecule has 1 N–H and O–H groups in total. The van der Waals surface area contributed by atoms with Gasteiger partial charge < -0.3 is 14.4 Å². The van der Waals surface area contributed by atoms with Gasteiger partial charge in [-0.15, -0.1) is 0 Å². The summed E-state index contributed by atoms with van der Waals surface area (Å²) in [4.78, 5) is 14.3. The van der Waals surface area contributed by atoms with Gasteiger partial charge in [-0.2, -0.15) is 21.6 Å². The molecule has 2 rings (SSSR count). The molecular formula is C21H25F3N2O4S. The van der Waals surface area contributed by atoms with Crippen LogP contribution in [0.25, 0.3) is 0 Å². The summed E-state index contributed by atoms with van der Waals surface area (Å²) in [5.74, 6) is 0.0237. The molecule has 2 amide bonds. The lowest BCUT2D eigenvalue weighted by Gasteiger charge is -2.29. The van der Waals surface area contributed by atoms with E-state index in [-0.39, 0.29) is 29.8 Å². The second-order valence-electron chi connectivity index (χ2n) is 6.96. The molecule has 2 aromatic carbocycles. The third-order valence-electron chi connectivity index (χ3n) is 4.70. The molecule has 0 fully saturated rings. The van der Waals surface area contributed by atoms with Crippen molar-refractivity contribution in [1.82, 2.24) is 4.90 Å². The second kappa shape index (κ2) is 10.0. The van der Waals surface area contributed by atoms with Crippen molar-refractivity contribution in [2.24, 2.45) is 0 Å². The summed E-state index contributed by atoms with van der Waals surface area (Å²) in [6.45, 7) is 5.47. The van der Waals surface area contributed by atoms with E-state index in [2.05, 4.69) is 5.32 Å². The maximum absolute atomic E-state index is 12.8. The second-order valence-corrected chi connectivity index (χ2v) is 8.82. The van der Waals surface area contributed by atoms with Gasteiger partial charge in [0.15, 0.2) is 0 Å². The number of anilines is 1. The number of hydrogen-bond donors (Lipinski definition) is 1. The normalized spacial score (nSPS) is 12.8. The number of rotatable bonds is 8. The molecule has 0 saturated carbocycles. The minimum atomic E-state index is -4.45. The topological polar surface area (TPSA) is 75.7 Å². The van der Waals surface area contributed by atoms with Crippen LogP contribution in [0.5, 0.6) is 5.75 Å². The molecule has 1 atom stereocenters. The molecule has 0 aliphatic heterocycles. The van der Waals surface area contributed by atoms with E-state index < -0.39 is 27.9 Å². The number of carbonyl (C=O) groups is 1. The fraction of sp³-hybridized carbons (Fsp3) is 0.381. The lowest BCUT2D eigenvalue weighted by atomic mass is 10.1. The monoisotopic (exact) mass is 458 g/mol. The first-order valence-corrected chi connectivity index (χ1v) is 11.3. The molecule has 0 aromatic heterocycles. The van der Waals surface area contributed by atoms with Crippen LogP contribution < -0.4 is 9.50 Å². The summed E-state index contributed by atoms with van der Waals surface area (Å²) in [7, 11) is -3.63. The molecule has 0 aliphatic carbocycles. The minimum Gasteiger partial charge on any atom is -0.382 e. The van der Waals surface area contributed by atoms with E-state index >= 15 is 0 Å². The van der Waals surface area contributed by atoms with Gasteiger partial charge in [0.05, 0.1) is 11.3 Å². The van der Waals surface area contributed by atoms with E-state index in [9.17, 15) is 26.4 Å². The summed E-state index contributed by atoms with van der Waals surface area (Å²) in [5.41, 5.74) is 0.195. The highest BCUT2D eigenvalue weighted by Gasteiger charge is 2.30. The number of benzene rings is 2. The van der Waals surface area contributed by atoms with E-state index in [1.807, 2.05) is 13.8 Å². The average molecular weight is 459 g/mol. The van der Waals surface area contributed by atoms with Gasteiger partial charge >= 0.3 is 22.3 Å². The van der Waals surface area contributed by atoms with E-state index in [1.54, 1.807) is 17.0 Å².